The summed E-state index contributed by atoms with van der Waals surface area (Å²) in [6.07, 6.45) is 12.7. The molecule has 3 saturated carbocycles. The van der Waals surface area contributed by atoms with Crippen LogP contribution in [0.5, 0.6) is 0 Å². The molecule has 0 saturated heterocycles. The van der Waals surface area contributed by atoms with Crippen molar-refractivity contribution in [2.24, 2.45) is 33.0 Å². The fourth-order valence-electron chi connectivity index (χ4n) is 8.65. The summed E-state index contributed by atoms with van der Waals surface area (Å²) in [5.41, 5.74) is 3.33. The van der Waals surface area contributed by atoms with Gasteiger partial charge in [0.05, 0.1) is 5.41 Å². The lowest BCUT2D eigenvalue weighted by molar-refractivity contribution is -0.178. The molecule has 0 heterocycles. The van der Waals surface area contributed by atoms with Gasteiger partial charge in [0.25, 0.3) is 0 Å². The first-order valence-electron chi connectivity index (χ1n) is 12.6. The average Bonchev–Trinajstić information content (AvgIpc) is 2.75. The molecular formula is C29H38O4. The van der Waals surface area contributed by atoms with Crippen LogP contribution in [0.15, 0.2) is 46.3 Å². The molecule has 3 fully saturated rings. The van der Waals surface area contributed by atoms with Crippen LogP contribution in [-0.2, 0) is 9.59 Å². The highest BCUT2D eigenvalue weighted by atomic mass is 16.4. The maximum absolute atomic E-state index is 12.6. The monoisotopic (exact) mass is 450 g/mol. The zero-order valence-corrected chi connectivity index (χ0v) is 21.0. The van der Waals surface area contributed by atoms with Gasteiger partial charge >= 0.3 is 5.97 Å². The number of carbonyl (C=O) groups excluding carboxylic acids is 1. The van der Waals surface area contributed by atoms with E-state index in [9.17, 15) is 19.8 Å². The van der Waals surface area contributed by atoms with E-state index in [2.05, 4.69) is 39.8 Å². The molecule has 0 aliphatic heterocycles. The normalized spacial score (nSPS) is 46.8. The van der Waals surface area contributed by atoms with Crippen LogP contribution in [0.3, 0.4) is 0 Å². The Hall–Kier alpha value is -2.10. The van der Waals surface area contributed by atoms with Crippen LogP contribution in [0, 0.1) is 33.0 Å². The standard InChI is InChI=1S/C29H38O4/c1-17-18-7-8-21-27(4,19(18)15-20(30)23(17)31)12-14-29(6)22-16-26(3,24(32)33)10-9-25(22,2)11-13-28(21,29)5/h7-8,15,22,31H,9-14,16H2,1-6H3,(H,32,33)/t22-,25+,26+,27+,28+,29+/m1/s1. The van der Waals surface area contributed by atoms with Gasteiger partial charge in [0.2, 0.25) is 5.78 Å². The van der Waals surface area contributed by atoms with E-state index in [0.29, 0.717) is 11.5 Å². The van der Waals surface area contributed by atoms with E-state index >= 15 is 0 Å². The van der Waals surface area contributed by atoms with Gasteiger partial charge in [-0.1, -0.05) is 45.4 Å². The quantitative estimate of drug-likeness (QED) is 0.466. The number of hydrogen-bond donors (Lipinski definition) is 2. The van der Waals surface area contributed by atoms with Crippen LogP contribution >= 0.6 is 0 Å². The van der Waals surface area contributed by atoms with Gasteiger partial charge in [-0.2, -0.15) is 0 Å². The zero-order valence-electron chi connectivity index (χ0n) is 21.0. The molecule has 5 aliphatic carbocycles. The van der Waals surface area contributed by atoms with E-state index in [4.69, 9.17) is 0 Å². The topological polar surface area (TPSA) is 74.6 Å². The third-order valence-corrected chi connectivity index (χ3v) is 11.4. The Bertz CT molecular complexity index is 1100. The molecule has 5 aliphatic rings. The van der Waals surface area contributed by atoms with Gasteiger partial charge in [-0.15, -0.1) is 0 Å². The van der Waals surface area contributed by atoms with E-state index in [0.717, 1.165) is 56.1 Å². The van der Waals surface area contributed by atoms with Crippen LogP contribution in [0.4, 0.5) is 0 Å². The van der Waals surface area contributed by atoms with E-state index in [1.54, 1.807) is 6.08 Å². The molecule has 2 N–H and O–H groups in total. The summed E-state index contributed by atoms with van der Waals surface area (Å²) in [7, 11) is 0. The zero-order chi connectivity index (χ0) is 24.2. The van der Waals surface area contributed by atoms with Crippen LogP contribution in [0.2, 0.25) is 0 Å². The van der Waals surface area contributed by atoms with E-state index in [1.165, 1.54) is 5.57 Å². The second-order valence-electron chi connectivity index (χ2n) is 12.9. The van der Waals surface area contributed by atoms with Crippen LogP contribution in [0.25, 0.3) is 0 Å². The van der Waals surface area contributed by atoms with Crippen LogP contribution in [-0.4, -0.2) is 22.0 Å². The Morgan fingerprint density at radius 2 is 1.64 bits per heavy atom. The highest BCUT2D eigenvalue weighted by Gasteiger charge is 2.67. The fourth-order valence-corrected chi connectivity index (χ4v) is 8.65. The highest BCUT2D eigenvalue weighted by Crippen LogP contribution is 2.75. The van der Waals surface area contributed by atoms with Crippen LogP contribution < -0.4 is 0 Å². The number of allylic oxidation sites excluding steroid dienone is 7. The van der Waals surface area contributed by atoms with Gasteiger partial charge in [-0.05, 0) is 98.2 Å². The Morgan fingerprint density at radius 3 is 2.30 bits per heavy atom. The number of carboxylic acid groups (broad SMARTS) is 1. The van der Waals surface area contributed by atoms with Gasteiger partial charge in [-0.25, -0.2) is 0 Å². The first kappa shape index (κ1) is 22.7. The molecule has 0 unspecified atom stereocenters. The lowest BCUT2D eigenvalue weighted by Crippen LogP contribution is -2.62. The molecule has 5 rings (SSSR count). The van der Waals surface area contributed by atoms with Crippen LogP contribution in [0.1, 0.15) is 86.5 Å². The van der Waals surface area contributed by atoms with Crippen molar-refractivity contribution in [3.63, 3.8) is 0 Å². The molecule has 0 aromatic rings. The summed E-state index contributed by atoms with van der Waals surface area (Å²) in [5.74, 6) is -0.734. The molecule has 0 radical (unpaired) electrons. The lowest BCUT2D eigenvalue weighted by Gasteiger charge is -2.70. The van der Waals surface area contributed by atoms with Crippen molar-refractivity contribution >= 4 is 11.8 Å². The summed E-state index contributed by atoms with van der Waals surface area (Å²) in [5, 5.41) is 20.3. The largest absolute Gasteiger partial charge is 0.504 e. The minimum absolute atomic E-state index is 0.0000746. The van der Waals surface area contributed by atoms with Crippen molar-refractivity contribution < 1.29 is 19.8 Å². The average molecular weight is 451 g/mol. The summed E-state index contributed by atoms with van der Waals surface area (Å²) < 4.78 is 0. The number of hydrogen-bond acceptors (Lipinski definition) is 3. The summed E-state index contributed by atoms with van der Waals surface area (Å²) in [4.78, 5) is 24.8. The number of carboxylic acids is 1. The second-order valence-corrected chi connectivity index (χ2v) is 12.9. The number of carbonyl (C=O) groups is 2. The molecule has 0 amide bonds. The first-order valence-corrected chi connectivity index (χ1v) is 12.6. The maximum atomic E-state index is 12.6. The highest BCUT2D eigenvalue weighted by molar-refractivity contribution is 6.06. The van der Waals surface area contributed by atoms with Gasteiger partial charge < -0.3 is 10.2 Å². The van der Waals surface area contributed by atoms with Gasteiger partial charge in [-0.3, -0.25) is 9.59 Å². The fraction of sp³-hybridized carbons (Fsp3) is 0.655. The van der Waals surface area contributed by atoms with Crippen molar-refractivity contribution in [1.29, 1.82) is 0 Å². The molecule has 33 heavy (non-hydrogen) atoms. The molecule has 0 bridgehead atoms. The third kappa shape index (κ3) is 2.64. The number of aliphatic hydroxyl groups excluding tert-OH is 1. The SMILES string of the molecule is CC1=C(O)C(=O)C=C2C1=CC=C1[C@@]2(C)CC[C@@]2(C)[C@@H]3C[C@@](C)(C(=O)O)CC[C@@]3(C)CC[C@@]12C. The van der Waals surface area contributed by atoms with Crippen molar-refractivity contribution in [3.05, 3.63) is 46.3 Å². The minimum Gasteiger partial charge on any atom is -0.504 e. The van der Waals surface area contributed by atoms with E-state index < -0.39 is 11.4 Å². The molecular weight excluding hydrogens is 412 g/mol. The predicted octanol–water partition coefficient (Wildman–Crippen LogP) is 6.70. The van der Waals surface area contributed by atoms with Crippen molar-refractivity contribution in [2.45, 2.75) is 86.5 Å². The Kier molecular flexibility index (Phi) is 4.48. The number of aliphatic hydroxyl groups is 1. The molecule has 0 aromatic heterocycles. The van der Waals surface area contributed by atoms with Crippen molar-refractivity contribution in [3.8, 4) is 0 Å². The van der Waals surface area contributed by atoms with Gasteiger partial charge in [0.1, 0.15) is 0 Å². The van der Waals surface area contributed by atoms with Crippen molar-refractivity contribution in [2.75, 3.05) is 0 Å². The lowest BCUT2D eigenvalue weighted by atomic mass is 9.34. The Labute approximate surface area is 197 Å². The van der Waals surface area contributed by atoms with Gasteiger partial charge in [0, 0.05) is 11.0 Å². The summed E-state index contributed by atoms with van der Waals surface area (Å²) >= 11 is 0. The number of ketones is 1. The summed E-state index contributed by atoms with van der Waals surface area (Å²) in [6, 6.07) is 0. The molecule has 4 heteroatoms. The van der Waals surface area contributed by atoms with Gasteiger partial charge in [0.15, 0.2) is 5.76 Å². The molecule has 0 aromatic carbocycles. The second kappa shape index (κ2) is 6.52. The maximum Gasteiger partial charge on any atom is 0.309 e. The third-order valence-electron chi connectivity index (χ3n) is 11.4. The van der Waals surface area contributed by atoms with E-state index in [1.807, 2.05) is 13.8 Å². The predicted molar refractivity (Wildman–Crippen MR) is 129 cm³/mol. The smallest absolute Gasteiger partial charge is 0.309 e. The molecule has 0 spiro atoms. The minimum atomic E-state index is -0.655. The molecule has 4 nitrogen and oxygen atoms in total. The first-order chi connectivity index (χ1) is 15.2. The number of aliphatic carboxylic acids is 1. The summed E-state index contributed by atoms with van der Waals surface area (Å²) in [6.45, 7) is 13.3. The number of fused-ring (bicyclic) bond motifs is 7. The van der Waals surface area contributed by atoms with Crippen molar-refractivity contribution in [1.82, 2.24) is 0 Å². The van der Waals surface area contributed by atoms with E-state index in [-0.39, 0.29) is 33.2 Å². The molecule has 6 atom stereocenters. The molecule has 178 valence electrons. The number of rotatable bonds is 1. The Balaban J connectivity index is 1.64. The Morgan fingerprint density at radius 1 is 0.970 bits per heavy atom.